The third-order valence-electron chi connectivity index (χ3n) is 14.5. The Labute approximate surface area is 443 Å². The average molecular weight is 1000 g/mol. The van der Waals surface area contributed by atoms with E-state index in [0.717, 1.165) is 64.2 Å². The lowest BCUT2D eigenvalue weighted by molar-refractivity contribution is -0.167. The van der Waals surface area contributed by atoms with Crippen LogP contribution in [0.1, 0.15) is 355 Å². The van der Waals surface area contributed by atoms with Crippen molar-refractivity contribution in [3.63, 3.8) is 0 Å². The molecule has 0 aromatic rings. The fourth-order valence-corrected chi connectivity index (χ4v) is 9.65. The molecule has 0 saturated carbocycles. The summed E-state index contributed by atoms with van der Waals surface area (Å²) in [5, 5.41) is 0. The van der Waals surface area contributed by atoms with Gasteiger partial charge in [-0.1, -0.05) is 308 Å². The van der Waals surface area contributed by atoms with Gasteiger partial charge in [0.25, 0.3) is 0 Å². The third-order valence-corrected chi connectivity index (χ3v) is 14.5. The van der Waals surface area contributed by atoms with Gasteiger partial charge in [-0.2, -0.15) is 0 Å². The molecule has 0 N–H and O–H groups in total. The zero-order chi connectivity index (χ0) is 51.4. The Morgan fingerprint density at radius 1 is 0.282 bits per heavy atom. The van der Waals surface area contributed by atoms with Crippen molar-refractivity contribution in [1.82, 2.24) is 0 Å². The fraction of sp³-hybridized carbons (Fsp3) is 0.892. The lowest BCUT2D eigenvalue weighted by atomic mass is 10.0. The second kappa shape index (κ2) is 60.4. The number of allylic oxidation sites excluding steroid dienone is 4. The zero-order valence-corrected chi connectivity index (χ0v) is 48.0. The summed E-state index contributed by atoms with van der Waals surface area (Å²) >= 11 is 0. The van der Waals surface area contributed by atoms with E-state index in [0.29, 0.717) is 19.3 Å². The summed E-state index contributed by atoms with van der Waals surface area (Å²) in [5.41, 5.74) is 0. The molecule has 0 rings (SSSR count). The van der Waals surface area contributed by atoms with Gasteiger partial charge in [0.1, 0.15) is 13.2 Å². The highest BCUT2D eigenvalue weighted by atomic mass is 16.6. The molecule has 0 heterocycles. The first kappa shape index (κ1) is 68.9. The van der Waals surface area contributed by atoms with E-state index in [9.17, 15) is 14.4 Å². The predicted octanol–water partition coefficient (Wildman–Crippen LogP) is 21.4. The lowest BCUT2D eigenvalue weighted by Gasteiger charge is -2.18. The first-order chi connectivity index (χ1) is 35.0. The molecule has 0 amide bonds. The number of carbonyl (C=O) groups is 3. The van der Waals surface area contributed by atoms with Crippen LogP contribution in [-0.2, 0) is 28.6 Å². The van der Waals surface area contributed by atoms with E-state index in [2.05, 4.69) is 45.1 Å². The fourth-order valence-electron chi connectivity index (χ4n) is 9.65. The van der Waals surface area contributed by atoms with Crippen LogP contribution >= 0.6 is 0 Å². The number of unbranched alkanes of at least 4 members (excludes halogenated alkanes) is 44. The largest absolute Gasteiger partial charge is 0.462 e. The molecule has 0 radical (unpaired) electrons. The minimum Gasteiger partial charge on any atom is -0.462 e. The number of ether oxygens (including phenoxy) is 3. The van der Waals surface area contributed by atoms with E-state index in [-0.39, 0.29) is 31.1 Å². The number of esters is 3. The van der Waals surface area contributed by atoms with Crippen LogP contribution in [0.15, 0.2) is 24.3 Å². The Hall–Kier alpha value is -2.11. The van der Waals surface area contributed by atoms with Crippen molar-refractivity contribution < 1.29 is 28.6 Å². The minimum atomic E-state index is -0.767. The molecule has 418 valence electrons. The molecule has 0 aliphatic rings. The summed E-state index contributed by atoms with van der Waals surface area (Å²) in [6.45, 7) is 6.63. The summed E-state index contributed by atoms with van der Waals surface area (Å²) < 4.78 is 16.8. The molecule has 0 saturated heterocycles. The van der Waals surface area contributed by atoms with Gasteiger partial charge in [-0.3, -0.25) is 14.4 Å². The van der Waals surface area contributed by atoms with Crippen molar-refractivity contribution in [1.29, 1.82) is 0 Å². The van der Waals surface area contributed by atoms with E-state index in [1.807, 2.05) is 0 Å². The second-order valence-corrected chi connectivity index (χ2v) is 21.7. The highest BCUT2D eigenvalue weighted by molar-refractivity contribution is 5.71. The molecule has 0 aliphatic heterocycles. The van der Waals surface area contributed by atoms with Gasteiger partial charge in [-0.15, -0.1) is 0 Å². The van der Waals surface area contributed by atoms with Crippen LogP contribution in [0.4, 0.5) is 0 Å². The first-order valence-corrected chi connectivity index (χ1v) is 31.8. The zero-order valence-electron chi connectivity index (χ0n) is 48.0. The maximum Gasteiger partial charge on any atom is 0.306 e. The highest BCUT2D eigenvalue weighted by Gasteiger charge is 2.19. The van der Waals surface area contributed by atoms with Crippen LogP contribution < -0.4 is 0 Å². The van der Waals surface area contributed by atoms with Gasteiger partial charge in [0.2, 0.25) is 0 Å². The van der Waals surface area contributed by atoms with Gasteiger partial charge in [0.15, 0.2) is 6.10 Å². The average Bonchev–Trinajstić information content (AvgIpc) is 3.37. The molecule has 1 atom stereocenters. The van der Waals surface area contributed by atoms with Gasteiger partial charge >= 0.3 is 17.9 Å². The Balaban J connectivity index is 4.03. The van der Waals surface area contributed by atoms with Crippen molar-refractivity contribution >= 4 is 17.9 Å². The van der Waals surface area contributed by atoms with E-state index in [1.54, 1.807) is 0 Å². The molecule has 0 aromatic carbocycles. The molecular weight excluding hydrogens is 877 g/mol. The molecule has 0 aromatic heterocycles. The van der Waals surface area contributed by atoms with Gasteiger partial charge in [-0.25, -0.2) is 0 Å². The number of hydrogen-bond donors (Lipinski definition) is 0. The standard InChI is InChI=1S/C65H122O6/c1-4-7-10-13-16-18-20-22-24-26-28-30-31-32-33-34-36-37-39-41-43-45-47-49-52-55-58-64(67)70-61-62(60-69-63(66)57-54-51-15-12-9-6-3)71-65(68)59-56-53-50-48-46-44-42-40-38-35-29-27-25-23-21-19-17-14-11-8-5-2/h21,23,27,29,62H,4-20,22,24-26,28,30-61H2,1-3H3/b23-21-,29-27-. The predicted molar refractivity (Wildman–Crippen MR) is 307 cm³/mol. The number of rotatable bonds is 59. The smallest absolute Gasteiger partial charge is 0.306 e. The van der Waals surface area contributed by atoms with Crippen molar-refractivity contribution in [2.45, 2.75) is 361 Å². The molecule has 0 fully saturated rings. The van der Waals surface area contributed by atoms with E-state index < -0.39 is 6.10 Å². The first-order valence-electron chi connectivity index (χ1n) is 31.8. The normalized spacial score (nSPS) is 12.1. The quantitative estimate of drug-likeness (QED) is 0.0261. The molecule has 0 spiro atoms. The maximum absolute atomic E-state index is 12.8. The summed E-state index contributed by atoms with van der Waals surface area (Å²) in [4.78, 5) is 38.0. The van der Waals surface area contributed by atoms with Crippen LogP contribution in [0.3, 0.4) is 0 Å². The molecule has 0 bridgehead atoms. The van der Waals surface area contributed by atoms with Crippen LogP contribution in [0.5, 0.6) is 0 Å². The monoisotopic (exact) mass is 999 g/mol. The van der Waals surface area contributed by atoms with Crippen LogP contribution in [0, 0.1) is 0 Å². The van der Waals surface area contributed by atoms with Crippen molar-refractivity contribution in [3.05, 3.63) is 24.3 Å². The number of carbonyl (C=O) groups excluding carboxylic acids is 3. The van der Waals surface area contributed by atoms with Crippen LogP contribution in [-0.4, -0.2) is 37.2 Å². The molecule has 1 unspecified atom stereocenters. The Bertz CT molecular complexity index is 1150. The van der Waals surface area contributed by atoms with Gasteiger partial charge in [0, 0.05) is 19.3 Å². The summed E-state index contributed by atoms with van der Waals surface area (Å²) in [7, 11) is 0. The van der Waals surface area contributed by atoms with Gasteiger partial charge < -0.3 is 14.2 Å². The van der Waals surface area contributed by atoms with Gasteiger partial charge in [0.05, 0.1) is 0 Å². The van der Waals surface area contributed by atoms with Gasteiger partial charge in [-0.05, 0) is 51.4 Å². The minimum absolute atomic E-state index is 0.0682. The Kier molecular flexibility index (Phi) is 58.6. The second-order valence-electron chi connectivity index (χ2n) is 21.7. The molecule has 0 aliphatic carbocycles. The Morgan fingerprint density at radius 2 is 0.507 bits per heavy atom. The highest BCUT2D eigenvalue weighted by Crippen LogP contribution is 2.18. The molecule has 6 heteroatoms. The van der Waals surface area contributed by atoms with Crippen molar-refractivity contribution in [2.75, 3.05) is 13.2 Å². The van der Waals surface area contributed by atoms with Crippen LogP contribution in [0.2, 0.25) is 0 Å². The topological polar surface area (TPSA) is 78.9 Å². The SMILES string of the molecule is CCCCCCC/C=C\C/C=C\CCCCCCCCCCCC(=O)OC(COC(=O)CCCCCCCC)COC(=O)CCCCCCCCCCCCCCCCCCCCCCCCCCCC. The van der Waals surface area contributed by atoms with E-state index in [4.69, 9.17) is 14.2 Å². The summed E-state index contributed by atoms with van der Waals surface area (Å²) in [5.74, 6) is -0.860. The Morgan fingerprint density at radius 3 is 0.775 bits per heavy atom. The van der Waals surface area contributed by atoms with E-state index >= 15 is 0 Å². The third kappa shape index (κ3) is 58.7. The van der Waals surface area contributed by atoms with Crippen molar-refractivity contribution in [2.24, 2.45) is 0 Å². The molecule has 6 nitrogen and oxygen atoms in total. The molecule has 71 heavy (non-hydrogen) atoms. The lowest BCUT2D eigenvalue weighted by Crippen LogP contribution is -2.30. The number of hydrogen-bond acceptors (Lipinski definition) is 6. The van der Waals surface area contributed by atoms with Crippen molar-refractivity contribution in [3.8, 4) is 0 Å². The molecular formula is C65H122O6. The van der Waals surface area contributed by atoms with E-state index in [1.165, 1.54) is 250 Å². The summed E-state index contributed by atoms with van der Waals surface area (Å²) in [6.07, 6.45) is 72.3. The maximum atomic E-state index is 12.8. The van der Waals surface area contributed by atoms with Crippen LogP contribution in [0.25, 0.3) is 0 Å². The summed E-state index contributed by atoms with van der Waals surface area (Å²) in [6, 6.07) is 0.